The zero-order valence-corrected chi connectivity index (χ0v) is 15.7. The van der Waals surface area contributed by atoms with E-state index in [1.165, 1.54) is 11.1 Å². The fourth-order valence-electron chi connectivity index (χ4n) is 3.57. The molecular weight excluding hydrogens is 334 g/mol. The Balaban J connectivity index is 1.50. The zero-order valence-electron chi connectivity index (χ0n) is 15.7. The van der Waals surface area contributed by atoms with E-state index in [9.17, 15) is 4.79 Å². The molecule has 1 aliphatic heterocycles. The maximum atomic E-state index is 12.9. The van der Waals surface area contributed by atoms with Gasteiger partial charge in [-0.1, -0.05) is 29.8 Å². The molecule has 4 heteroatoms. The Kier molecular flexibility index (Phi) is 4.63. The van der Waals surface area contributed by atoms with Crippen molar-refractivity contribution in [2.75, 3.05) is 5.32 Å². The molecule has 2 aromatic carbocycles. The van der Waals surface area contributed by atoms with Crippen molar-refractivity contribution in [3.05, 3.63) is 94.3 Å². The number of benzene rings is 2. The minimum atomic E-state index is 0.128. The summed E-state index contributed by atoms with van der Waals surface area (Å²) in [5, 5.41) is 3.46. The second kappa shape index (κ2) is 7.23. The number of aromatic nitrogens is 1. The molecule has 0 aliphatic carbocycles. The third-order valence-corrected chi connectivity index (χ3v) is 5.02. The van der Waals surface area contributed by atoms with Crippen molar-refractivity contribution in [1.82, 2.24) is 9.88 Å². The first kappa shape index (κ1) is 17.3. The van der Waals surface area contributed by atoms with Gasteiger partial charge in [0.15, 0.2) is 0 Å². The van der Waals surface area contributed by atoms with Gasteiger partial charge < -0.3 is 10.2 Å². The summed E-state index contributed by atoms with van der Waals surface area (Å²) in [6.45, 7) is 6.14. The van der Waals surface area contributed by atoms with Crippen LogP contribution in [0.4, 0.5) is 5.69 Å². The highest BCUT2D eigenvalue weighted by Gasteiger charge is 2.29. The van der Waals surface area contributed by atoms with Crippen molar-refractivity contribution in [2.45, 2.75) is 33.5 Å². The van der Waals surface area contributed by atoms with Gasteiger partial charge in [-0.2, -0.15) is 0 Å². The van der Waals surface area contributed by atoms with E-state index in [1.54, 1.807) is 12.4 Å². The number of aryl methyl sites for hydroxylation is 2. The first-order valence-corrected chi connectivity index (χ1v) is 9.21. The summed E-state index contributed by atoms with van der Waals surface area (Å²) in [4.78, 5) is 18.9. The maximum absolute atomic E-state index is 12.9. The number of hydrogen-bond donors (Lipinski definition) is 1. The van der Waals surface area contributed by atoms with Gasteiger partial charge in [-0.05, 0) is 60.4 Å². The fourth-order valence-corrected chi connectivity index (χ4v) is 3.57. The molecule has 27 heavy (non-hydrogen) atoms. The van der Waals surface area contributed by atoms with Crippen LogP contribution in [0.3, 0.4) is 0 Å². The molecule has 0 saturated heterocycles. The molecule has 136 valence electrons. The number of fused-ring (bicyclic) bond motifs is 1. The van der Waals surface area contributed by atoms with E-state index in [0.29, 0.717) is 13.1 Å². The predicted molar refractivity (Wildman–Crippen MR) is 107 cm³/mol. The Hall–Kier alpha value is -3.14. The average molecular weight is 357 g/mol. The predicted octanol–water partition coefficient (Wildman–Crippen LogP) is 4.47. The minimum absolute atomic E-state index is 0.128. The van der Waals surface area contributed by atoms with Crippen LogP contribution in [-0.4, -0.2) is 15.8 Å². The molecule has 0 bridgehead atoms. The van der Waals surface area contributed by atoms with E-state index in [2.05, 4.69) is 53.6 Å². The standard InChI is InChI=1S/C23H23N3O/c1-16-3-5-19(6-4-16)14-26-15-20-12-21(11-17(2)22(20)23(26)27)25-13-18-7-9-24-10-8-18/h3-12,25H,13-15H2,1-2H3. The number of nitrogens with zero attached hydrogens (tertiary/aromatic N) is 2. The van der Waals surface area contributed by atoms with E-state index in [4.69, 9.17) is 0 Å². The molecule has 4 nitrogen and oxygen atoms in total. The molecule has 2 heterocycles. The number of carbonyl (C=O) groups is 1. The van der Waals surface area contributed by atoms with Crippen molar-refractivity contribution in [3.63, 3.8) is 0 Å². The van der Waals surface area contributed by atoms with Crippen LogP contribution in [0.1, 0.15) is 38.2 Å². The lowest BCUT2D eigenvalue weighted by molar-refractivity contribution is 0.0766. The summed E-state index contributed by atoms with van der Waals surface area (Å²) >= 11 is 0. The average Bonchev–Trinajstić information content (AvgIpc) is 2.98. The van der Waals surface area contributed by atoms with Gasteiger partial charge in [0, 0.05) is 43.3 Å². The lowest BCUT2D eigenvalue weighted by Gasteiger charge is -2.15. The van der Waals surface area contributed by atoms with Crippen LogP contribution in [0.15, 0.2) is 60.9 Å². The van der Waals surface area contributed by atoms with Crippen molar-refractivity contribution < 1.29 is 4.79 Å². The Bertz CT molecular complexity index is 965. The number of pyridine rings is 1. The van der Waals surface area contributed by atoms with Crippen LogP contribution in [0.2, 0.25) is 0 Å². The highest BCUT2D eigenvalue weighted by atomic mass is 16.2. The van der Waals surface area contributed by atoms with Crippen molar-refractivity contribution >= 4 is 11.6 Å². The summed E-state index contributed by atoms with van der Waals surface area (Å²) in [6, 6.07) is 16.6. The molecule has 4 rings (SSSR count). The normalized spacial score (nSPS) is 13.0. The van der Waals surface area contributed by atoms with E-state index >= 15 is 0 Å². The SMILES string of the molecule is Cc1ccc(CN2Cc3cc(NCc4ccncc4)cc(C)c3C2=O)cc1. The van der Waals surface area contributed by atoms with Crippen LogP contribution in [0.5, 0.6) is 0 Å². The van der Waals surface area contributed by atoms with Crippen molar-refractivity contribution in [2.24, 2.45) is 0 Å². The smallest absolute Gasteiger partial charge is 0.255 e. The number of anilines is 1. The molecule has 0 unspecified atom stereocenters. The lowest BCUT2D eigenvalue weighted by Crippen LogP contribution is -2.23. The molecule has 0 spiro atoms. The Morgan fingerprint density at radius 3 is 2.48 bits per heavy atom. The monoisotopic (exact) mass is 357 g/mol. The highest BCUT2D eigenvalue weighted by molar-refractivity contribution is 6.00. The second-order valence-electron chi connectivity index (χ2n) is 7.18. The maximum Gasteiger partial charge on any atom is 0.255 e. The third-order valence-electron chi connectivity index (χ3n) is 5.02. The van der Waals surface area contributed by atoms with Crippen molar-refractivity contribution in [1.29, 1.82) is 0 Å². The lowest BCUT2D eigenvalue weighted by atomic mass is 10.0. The van der Waals surface area contributed by atoms with Crippen LogP contribution >= 0.6 is 0 Å². The quantitative estimate of drug-likeness (QED) is 0.733. The molecule has 0 radical (unpaired) electrons. The van der Waals surface area contributed by atoms with Crippen LogP contribution in [-0.2, 0) is 19.6 Å². The van der Waals surface area contributed by atoms with Gasteiger partial charge in [0.2, 0.25) is 0 Å². The van der Waals surface area contributed by atoms with Gasteiger partial charge in [0.1, 0.15) is 0 Å². The highest BCUT2D eigenvalue weighted by Crippen LogP contribution is 2.30. The van der Waals surface area contributed by atoms with Crippen LogP contribution < -0.4 is 5.32 Å². The molecule has 1 aliphatic rings. The fraction of sp³-hybridized carbons (Fsp3) is 0.217. The number of hydrogen-bond acceptors (Lipinski definition) is 3. The first-order chi connectivity index (χ1) is 13.1. The van der Waals surface area contributed by atoms with Gasteiger partial charge in [-0.3, -0.25) is 9.78 Å². The van der Waals surface area contributed by atoms with Crippen LogP contribution in [0, 0.1) is 13.8 Å². The van der Waals surface area contributed by atoms with Gasteiger partial charge in [-0.15, -0.1) is 0 Å². The van der Waals surface area contributed by atoms with Gasteiger partial charge in [0.25, 0.3) is 5.91 Å². The van der Waals surface area contributed by atoms with E-state index in [-0.39, 0.29) is 5.91 Å². The summed E-state index contributed by atoms with van der Waals surface area (Å²) < 4.78 is 0. The zero-order chi connectivity index (χ0) is 18.8. The largest absolute Gasteiger partial charge is 0.381 e. The molecule has 3 aromatic rings. The second-order valence-corrected chi connectivity index (χ2v) is 7.18. The summed E-state index contributed by atoms with van der Waals surface area (Å²) in [6.07, 6.45) is 3.60. The third kappa shape index (κ3) is 3.70. The number of carbonyl (C=O) groups excluding carboxylic acids is 1. The molecule has 1 N–H and O–H groups in total. The van der Waals surface area contributed by atoms with Crippen LogP contribution in [0.25, 0.3) is 0 Å². The molecule has 0 saturated carbocycles. The molecule has 1 aromatic heterocycles. The van der Waals surface area contributed by atoms with E-state index < -0.39 is 0 Å². The van der Waals surface area contributed by atoms with Gasteiger partial charge >= 0.3 is 0 Å². The Labute approximate surface area is 159 Å². The van der Waals surface area contributed by atoms with Crippen molar-refractivity contribution in [3.8, 4) is 0 Å². The summed E-state index contributed by atoms with van der Waals surface area (Å²) in [5.41, 5.74) is 7.61. The topological polar surface area (TPSA) is 45.2 Å². The molecule has 0 atom stereocenters. The Morgan fingerprint density at radius 2 is 1.74 bits per heavy atom. The molecule has 1 amide bonds. The van der Waals surface area contributed by atoms with Gasteiger partial charge in [-0.25, -0.2) is 0 Å². The van der Waals surface area contributed by atoms with E-state index in [0.717, 1.165) is 34.5 Å². The van der Waals surface area contributed by atoms with E-state index in [1.807, 2.05) is 24.0 Å². The number of nitrogens with one attached hydrogen (secondary N) is 1. The number of rotatable bonds is 5. The van der Waals surface area contributed by atoms with Gasteiger partial charge in [0.05, 0.1) is 0 Å². The summed E-state index contributed by atoms with van der Waals surface area (Å²) in [7, 11) is 0. The molecular formula is C23H23N3O. The summed E-state index contributed by atoms with van der Waals surface area (Å²) in [5.74, 6) is 0.128. The molecule has 0 fully saturated rings. The number of amides is 1. The Morgan fingerprint density at radius 1 is 1.00 bits per heavy atom. The minimum Gasteiger partial charge on any atom is -0.381 e. The first-order valence-electron chi connectivity index (χ1n) is 9.21.